The lowest BCUT2D eigenvalue weighted by Crippen LogP contribution is -2.47. The normalized spacial score (nSPS) is 23.9. The fraction of sp³-hybridized carbons (Fsp3) is 0.500. The van der Waals surface area contributed by atoms with Crippen molar-refractivity contribution in [1.29, 1.82) is 0 Å². The van der Waals surface area contributed by atoms with Gasteiger partial charge in [0, 0.05) is 6.61 Å². The molecule has 0 bridgehead atoms. The standard InChI is InChI=1S/C14H19NO5S/c1-10-13(7-8-20-10)21(18,19)15-12(14(16)17)9-11-5-3-2-4-6-11/h2-6,10,12-13,15H,7-9H2,1H3,(H,16,17)/t10?,12-,13?/m0/s1. The molecule has 116 valence electrons. The van der Waals surface area contributed by atoms with Crippen molar-refractivity contribution >= 4 is 16.0 Å². The first-order valence-corrected chi connectivity index (χ1v) is 8.34. The van der Waals surface area contributed by atoms with Crippen LogP contribution in [-0.2, 0) is 26.0 Å². The summed E-state index contributed by atoms with van der Waals surface area (Å²) in [6.45, 7) is 2.06. The third-order valence-corrected chi connectivity index (χ3v) is 5.62. The van der Waals surface area contributed by atoms with Gasteiger partial charge in [0.15, 0.2) is 0 Å². The van der Waals surface area contributed by atoms with Crippen molar-refractivity contribution < 1.29 is 23.1 Å². The highest BCUT2D eigenvalue weighted by molar-refractivity contribution is 7.90. The molecule has 1 aromatic carbocycles. The Kier molecular flexibility index (Phi) is 4.97. The number of sulfonamides is 1. The van der Waals surface area contributed by atoms with Gasteiger partial charge in [-0.2, -0.15) is 0 Å². The van der Waals surface area contributed by atoms with Gasteiger partial charge >= 0.3 is 5.97 Å². The number of rotatable bonds is 6. The third-order valence-electron chi connectivity index (χ3n) is 3.59. The minimum Gasteiger partial charge on any atom is -0.480 e. The summed E-state index contributed by atoms with van der Waals surface area (Å²) in [4.78, 5) is 11.3. The molecule has 1 fully saturated rings. The van der Waals surface area contributed by atoms with Gasteiger partial charge in [-0.15, -0.1) is 0 Å². The summed E-state index contributed by atoms with van der Waals surface area (Å²) in [6, 6.07) is 7.76. The van der Waals surface area contributed by atoms with Crippen LogP contribution in [0.3, 0.4) is 0 Å². The maximum absolute atomic E-state index is 12.3. The SMILES string of the molecule is CC1OCCC1S(=O)(=O)N[C@@H](Cc1ccccc1)C(=O)O. The van der Waals surface area contributed by atoms with E-state index in [1.807, 2.05) is 6.07 Å². The van der Waals surface area contributed by atoms with Gasteiger partial charge in [0.05, 0.1) is 6.10 Å². The van der Waals surface area contributed by atoms with Crippen LogP contribution in [0.25, 0.3) is 0 Å². The zero-order chi connectivity index (χ0) is 15.5. The number of benzene rings is 1. The molecule has 7 heteroatoms. The second-order valence-electron chi connectivity index (χ2n) is 5.15. The molecule has 0 saturated carbocycles. The van der Waals surface area contributed by atoms with E-state index in [0.717, 1.165) is 5.56 Å². The Morgan fingerprint density at radius 1 is 1.43 bits per heavy atom. The van der Waals surface area contributed by atoms with Crippen molar-refractivity contribution in [3.05, 3.63) is 35.9 Å². The van der Waals surface area contributed by atoms with Crippen LogP contribution in [0.15, 0.2) is 30.3 Å². The maximum atomic E-state index is 12.3. The highest BCUT2D eigenvalue weighted by Gasteiger charge is 2.38. The second-order valence-corrected chi connectivity index (χ2v) is 7.08. The number of hydrogen-bond donors (Lipinski definition) is 2. The molecule has 1 aromatic rings. The van der Waals surface area contributed by atoms with Gasteiger partial charge in [0.1, 0.15) is 11.3 Å². The van der Waals surface area contributed by atoms with E-state index in [0.29, 0.717) is 13.0 Å². The third kappa shape index (κ3) is 4.03. The van der Waals surface area contributed by atoms with Crippen molar-refractivity contribution in [2.24, 2.45) is 0 Å². The van der Waals surface area contributed by atoms with Crippen molar-refractivity contribution in [3.63, 3.8) is 0 Å². The lowest BCUT2D eigenvalue weighted by Gasteiger charge is -2.20. The minimum atomic E-state index is -3.73. The molecule has 3 atom stereocenters. The quantitative estimate of drug-likeness (QED) is 0.809. The number of aliphatic carboxylic acids is 1. The first-order chi connectivity index (χ1) is 9.90. The monoisotopic (exact) mass is 313 g/mol. The van der Waals surface area contributed by atoms with Crippen LogP contribution in [0.1, 0.15) is 18.9 Å². The fourth-order valence-electron chi connectivity index (χ4n) is 2.43. The average molecular weight is 313 g/mol. The largest absolute Gasteiger partial charge is 0.480 e. The highest BCUT2D eigenvalue weighted by atomic mass is 32.2. The van der Waals surface area contributed by atoms with Crippen molar-refractivity contribution in [2.45, 2.75) is 37.2 Å². The fourth-order valence-corrected chi connectivity index (χ4v) is 4.18. The average Bonchev–Trinajstić information content (AvgIpc) is 2.86. The lowest BCUT2D eigenvalue weighted by atomic mass is 10.1. The number of ether oxygens (including phenoxy) is 1. The molecule has 0 amide bonds. The molecule has 6 nitrogen and oxygen atoms in total. The van der Waals surface area contributed by atoms with Crippen LogP contribution >= 0.6 is 0 Å². The van der Waals surface area contributed by atoms with Crippen molar-refractivity contribution in [3.8, 4) is 0 Å². The van der Waals surface area contributed by atoms with E-state index >= 15 is 0 Å². The van der Waals surface area contributed by atoms with E-state index in [2.05, 4.69) is 4.72 Å². The highest BCUT2D eigenvalue weighted by Crippen LogP contribution is 2.20. The smallest absolute Gasteiger partial charge is 0.322 e. The van der Waals surface area contributed by atoms with Gasteiger partial charge in [-0.25, -0.2) is 13.1 Å². The van der Waals surface area contributed by atoms with Gasteiger partial charge < -0.3 is 9.84 Å². The molecule has 21 heavy (non-hydrogen) atoms. The van der Waals surface area contributed by atoms with E-state index in [1.165, 1.54) is 0 Å². The number of nitrogens with one attached hydrogen (secondary N) is 1. The Morgan fingerprint density at radius 3 is 2.62 bits per heavy atom. The predicted molar refractivity (Wildman–Crippen MR) is 77.4 cm³/mol. The van der Waals surface area contributed by atoms with Crippen LogP contribution in [0, 0.1) is 0 Å². The van der Waals surface area contributed by atoms with E-state index in [1.54, 1.807) is 31.2 Å². The number of hydrogen-bond acceptors (Lipinski definition) is 4. The number of carbonyl (C=O) groups is 1. The molecule has 2 rings (SSSR count). The molecule has 2 unspecified atom stereocenters. The van der Waals surface area contributed by atoms with Gasteiger partial charge in [-0.3, -0.25) is 4.79 Å². The van der Waals surface area contributed by atoms with Crippen LogP contribution in [-0.4, -0.2) is 43.5 Å². The molecule has 0 radical (unpaired) electrons. The Hall–Kier alpha value is -1.44. The summed E-state index contributed by atoms with van der Waals surface area (Å²) >= 11 is 0. The summed E-state index contributed by atoms with van der Waals surface area (Å²) < 4.78 is 32.1. The molecule has 1 saturated heterocycles. The minimum absolute atomic E-state index is 0.108. The summed E-state index contributed by atoms with van der Waals surface area (Å²) in [7, 11) is -3.73. The Bertz CT molecular complexity index is 587. The number of carboxylic acid groups (broad SMARTS) is 1. The zero-order valence-electron chi connectivity index (χ0n) is 11.7. The molecular weight excluding hydrogens is 294 g/mol. The molecule has 0 aromatic heterocycles. The van der Waals surface area contributed by atoms with E-state index in [-0.39, 0.29) is 6.42 Å². The van der Waals surface area contributed by atoms with Crippen LogP contribution < -0.4 is 4.72 Å². The van der Waals surface area contributed by atoms with Crippen LogP contribution in [0.4, 0.5) is 0 Å². The molecule has 2 N–H and O–H groups in total. The number of carboxylic acids is 1. The van der Waals surface area contributed by atoms with Gasteiger partial charge in [-0.1, -0.05) is 30.3 Å². The molecular formula is C14H19NO5S. The van der Waals surface area contributed by atoms with E-state index in [4.69, 9.17) is 4.74 Å². The zero-order valence-corrected chi connectivity index (χ0v) is 12.5. The first-order valence-electron chi connectivity index (χ1n) is 6.79. The molecule has 0 spiro atoms. The Labute approximate surface area is 124 Å². The van der Waals surface area contributed by atoms with Crippen LogP contribution in [0.2, 0.25) is 0 Å². The maximum Gasteiger partial charge on any atom is 0.322 e. The van der Waals surface area contributed by atoms with Gasteiger partial charge in [0.25, 0.3) is 0 Å². The van der Waals surface area contributed by atoms with E-state index < -0.39 is 33.4 Å². The second kappa shape index (κ2) is 6.55. The molecule has 1 heterocycles. The molecule has 1 aliphatic heterocycles. The van der Waals surface area contributed by atoms with E-state index in [9.17, 15) is 18.3 Å². The Balaban J connectivity index is 2.11. The molecule has 0 aliphatic carbocycles. The first kappa shape index (κ1) is 15.9. The van der Waals surface area contributed by atoms with Gasteiger partial charge in [-0.05, 0) is 25.3 Å². The topological polar surface area (TPSA) is 92.7 Å². The van der Waals surface area contributed by atoms with Crippen molar-refractivity contribution in [2.75, 3.05) is 6.61 Å². The summed E-state index contributed by atoms with van der Waals surface area (Å²) in [5.74, 6) is -1.19. The lowest BCUT2D eigenvalue weighted by molar-refractivity contribution is -0.138. The summed E-state index contributed by atoms with van der Waals surface area (Å²) in [5.41, 5.74) is 0.767. The van der Waals surface area contributed by atoms with Crippen LogP contribution in [0.5, 0.6) is 0 Å². The van der Waals surface area contributed by atoms with Gasteiger partial charge in [0.2, 0.25) is 10.0 Å². The Morgan fingerprint density at radius 2 is 2.10 bits per heavy atom. The molecule has 1 aliphatic rings. The summed E-state index contributed by atoms with van der Waals surface area (Å²) in [6.07, 6.45) is 0.0691. The summed E-state index contributed by atoms with van der Waals surface area (Å²) in [5, 5.41) is 8.55. The van der Waals surface area contributed by atoms with Crippen molar-refractivity contribution in [1.82, 2.24) is 4.72 Å². The predicted octanol–water partition coefficient (Wildman–Crippen LogP) is 0.779.